The van der Waals surface area contributed by atoms with E-state index in [1.165, 1.54) is 17.7 Å². The Morgan fingerprint density at radius 1 is 1.56 bits per heavy atom. The number of nitrogens with zero attached hydrogens (tertiary/aromatic N) is 1. The maximum atomic E-state index is 5.80. The van der Waals surface area contributed by atoms with Crippen LogP contribution in [-0.2, 0) is 11.3 Å². The highest BCUT2D eigenvalue weighted by atomic mass is 32.1. The Bertz CT molecular complexity index is 323. The Balaban J connectivity index is 1.97. The third-order valence-electron chi connectivity index (χ3n) is 2.76. The molecule has 0 amide bonds. The zero-order valence-corrected chi connectivity index (χ0v) is 10.8. The lowest BCUT2D eigenvalue weighted by Gasteiger charge is -2.12. The van der Waals surface area contributed by atoms with Crippen molar-refractivity contribution >= 4 is 11.3 Å². The minimum absolute atomic E-state index is 0.255. The number of hydrogen-bond donors (Lipinski definition) is 1. The van der Waals surface area contributed by atoms with E-state index in [1.807, 2.05) is 6.20 Å². The van der Waals surface area contributed by atoms with Gasteiger partial charge in [-0.2, -0.15) is 0 Å². The van der Waals surface area contributed by atoms with E-state index in [-0.39, 0.29) is 6.10 Å². The van der Waals surface area contributed by atoms with Crippen molar-refractivity contribution < 1.29 is 4.74 Å². The molecule has 16 heavy (non-hydrogen) atoms. The van der Waals surface area contributed by atoms with Crippen molar-refractivity contribution in [2.75, 3.05) is 13.2 Å². The van der Waals surface area contributed by atoms with Crippen LogP contribution in [0.2, 0.25) is 0 Å². The summed E-state index contributed by atoms with van der Waals surface area (Å²) in [6.45, 7) is 6.89. The first kappa shape index (κ1) is 12.0. The zero-order chi connectivity index (χ0) is 11.4. The minimum Gasteiger partial charge on any atom is -0.371 e. The van der Waals surface area contributed by atoms with E-state index in [4.69, 9.17) is 4.74 Å². The molecule has 1 unspecified atom stereocenters. The van der Waals surface area contributed by atoms with Crippen molar-refractivity contribution in [2.45, 2.75) is 39.3 Å². The summed E-state index contributed by atoms with van der Waals surface area (Å²) < 4.78 is 5.80. The van der Waals surface area contributed by atoms with Crippen molar-refractivity contribution in [1.82, 2.24) is 10.3 Å². The molecule has 0 radical (unpaired) electrons. The fraction of sp³-hybridized carbons (Fsp3) is 0.750. The second-order valence-electron chi connectivity index (χ2n) is 4.16. The molecule has 0 aromatic carbocycles. The molecule has 1 aliphatic carbocycles. The first-order chi connectivity index (χ1) is 7.85. The van der Waals surface area contributed by atoms with Gasteiger partial charge in [-0.1, -0.05) is 6.92 Å². The van der Waals surface area contributed by atoms with Gasteiger partial charge in [-0.25, -0.2) is 4.98 Å². The summed E-state index contributed by atoms with van der Waals surface area (Å²) in [5.41, 5.74) is 0. The molecule has 0 bridgehead atoms. The Morgan fingerprint density at radius 3 is 3.00 bits per heavy atom. The van der Waals surface area contributed by atoms with Gasteiger partial charge in [-0.3, -0.25) is 0 Å². The molecule has 1 fully saturated rings. The van der Waals surface area contributed by atoms with Gasteiger partial charge >= 0.3 is 0 Å². The van der Waals surface area contributed by atoms with Crippen LogP contribution < -0.4 is 5.32 Å². The number of rotatable bonds is 7. The van der Waals surface area contributed by atoms with Crippen LogP contribution in [-0.4, -0.2) is 18.1 Å². The van der Waals surface area contributed by atoms with Crippen LogP contribution in [0.15, 0.2) is 6.20 Å². The number of aromatic nitrogens is 1. The molecule has 1 N–H and O–H groups in total. The number of nitrogens with one attached hydrogen (secondary N) is 1. The molecule has 1 heterocycles. The predicted octanol–water partition coefficient (Wildman–Crippen LogP) is 2.74. The Labute approximate surface area is 101 Å². The van der Waals surface area contributed by atoms with Gasteiger partial charge in [0, 0.05) is 24.2 Å². The normalized spacial score (nSPS) is 17.6. The summed E-state index contributed by atoms with van der Waals surface area (Å²) in [4.78, 5) is 5.81. The fourth-order valence-electron chi connectivity index (χ4n) is 1.77. The molecular formula is C12H20N2OS. The van der Waals surface area contributed by atoms with Gasteiger partial charge in [0.2, 0.25) is 0 Å². The lowest BCUT2D eigenvalue weighted by atomic mass is 10.2. The highest BCUT2D eigenvalue weighted by Gasteiger charge is 2.34. The quantitative estimate of drug-likeness (QED) is 0.795. The molecule has 1 saturated carbocycles. The van der Waals surface area contributed by atoms with E-state index in [1.54, 1.807) is 11.3 Å². The molecule has 1 atom stereocenters. The van der Waals surface area contributed by atoms with Crippen molar-refractivity contribution in [2.24, 2.45) is 5.92 Å². The Hall–Kier alpha value is -0.450. The molecule has 0 saturated heterocycles. The maximum absolute atomic E-state index is 5.80. The summed E-state index contributed by atoms with van der Waals surface area (Å²) in [6, 6.07) is 0. The number of ether oxygens (including phenoxy) is 1. The first-order valence-corrected chi connectivity index (χ1v) is 6.93. The molecule has 90 valence electrons. The van der Waals surface area contributed by atoms with Crippen molar-refractivity contribution in [3.63, 3.8) is 0 Å². The smallest absolute Gasteiger partial charge is 0.122 e. The van der Waals surface area contributed by atoms with Crippen LogP contribution in [0.5, 0.6) is 0 Å². The van der Waals surface area contributed by atoms with Crippen molar-refractivity contribution in [3.05, 3.63) is 16.1 Å². The summed E-state index contributed by atoms with van der Waals surface area (Å²) in [5, 5.41) is 4.49. The standard InChI is InChI=1S/C12H20N2OS/c1-3-13-7-10-8-14-12(16-10)11(15-4-2)9-5-6-9/h8-9,11,13H,3-7H2,1-2H3. The Kier molecular flexibility index (Phi) is 4.32. The van der Waals surface area contributed by atoms with Crippen LogP contribution in [0.4, 0.5) is 0 Å². The van der Waals surface area contributed by atoms with Crippen LogP contribution in [0.1, 0.15) is 42.7 Å². The SMILES string of the molecule is CCNCc1cnc(C(OCC)C2CC2)s1. The topological polar surface area (TPSA) is 34.2 Å². The van der Waals surface area contributed by atoms with Gasteiger partial charge in [-0.15, -0.1) is 11.3 Å². The average molecular weight is 240 g/mol. The number of thiazole rings is 1. The third-order valence-corrected chi connectivity index (χ3v) is 3.82. The van der Waals surface area contributed by atoms with E-state index in [0.29, 0.717) is 0 Å². The highest BCUT2D eigenvalue weighted by Crippen LogP contribution is 2.44. The van der Waals surface area contributed by atoms with Gasteiger partial charge in [0.1, 0.15) is 11.1 Å². The van der Waals surface area contributed by atoms with Crippen molar-refractivity contribution in [1.29, 1.82) is 0 Å². The van der Waals surface area contributed by atoms with Gasteiger partial charge in [0.05, 0.1) is 0 Å². The molecule has 1 aromatic rings. The molecule has 0 aliphatic heterocycles. The summed E-state index contributed by atoms with van der Waals surface area (Å²) >= 11 is 1.79. The molecule has 0 spiro atoms. The van der Waals surface area contributed by atoms with Gasteiger partial charge in [0.15, 0.2) is 0 Å². The van der Waals surface area contributed by atoms with E-state index < -0.39 is 0 Å². The largest absolute Gasteiger partial charge is 0.371 e. The third kappa shape index (κ3) is 3.03. The van der Waals surface area contributed by atoms with E-state index in [2.05, 4.69) is 24.1 Å². The molecule has 1 aliphatic rings. The fourth-order valence-corrected chi connectivity index (χ4v) is 2.80. The maximum Gasteiger partial charge on any atom is 0.122 e. The summed E-state index contributed by atoms with van der Waals surface area (Å²) in [6.07, 6.45) is 4.83. The van der Waals surface area contributed by atoms with E-state index >= 15 is 0 Å². The average Bonchev–Trinajstić information content (AvgIpc) is 3.02. The number of hydrogen-bond acceptors (Lipinski definition) is 4. The first-order valence-electron chi connectivity index (χ1n) is 6.12. The van der Waals surface area contributed by atoms with Crippen LogP contribution in [0.3, 0.4) is 0 Å². The molecular weight excluding hydrogens is 220 g/mol. The van der Waals surface area contributed by atoms with E-state index in [9.17, 15) is 0 Å². The van der Waals surface area contributed by atoms with Gasteiger partial charge in [-0.05, 0) is 32.2 Å². The zero-order valence-electron chi connectivity index (χ0n) is 10.0. The molecule has 2 rings (SSSR count). The molecule has 3 nitrogen and oxygen atoms in total. The lowest BCUT2D eigenvalue weighted by molar-refractivity contribution is 0.0462. The van der Waals surface area contributed by atoms with Crippen LogP contribution in [0, 0.1) is 5.92 Å². The molecule has 4 heteroatoms. The second-order valence-corrected chi connectivity index (χ2v) is 5.31. The van der Waals surface area contributed by atoms with Gasteiger partial charge < -0.3 is 10.1 Å². The summed E-state index contributed by atoms with van der Waals surface area (Å²) in [7, 11) is 0. The van der Waals surface area contributed by atoms with Crippen molar-refractivity contribution in [3.8, 4) is 0 Å². The molecule has 1 aromatic heterocycles. The minimum atomic E-state index is 0.255. The monoisotopic (exact) mass is 240 g/mol. The second kappa shape index (κ2) is 5.75. The highest BCUT2D eigenvalue weighted by molar-refractivity contribution is 7.11. The Morgan fingerprint density at radius 2 is 2.38 bits per heavy atom. The van der Waals surface area contributed by atoms with E-state index in [0.717, 1.165) is 30.6 Å². The van der Waals surface area contributed by atoms with Crippen LogP contribution >= 0.6 is 11.3 Å². The van der Waals surface area contributed by atoms with Gasteiger partial charge in [0.25, 0.3) is 0 Å². The summed E-state index contributed by atoms with van der Waals surface area (Å²) in [5.74, 6) is 0.720. The lowest BCUT2D eigenvalue weighted by Crippen LogP contribution is -2.10. The van der Waals surface area contributed by atoms with Crippen LogP contribution in [0.25, 0.3) is 0 Å². The predicted molar refractivity (Wildman–Crippen MR) is 66.6 cm³/mol.